The molecule has 0 atom stereocenters. The summed E-state index contributed by atoms with van der Waals surface area (Å²) in [5.74, 6) is 1.41. The summed E-state index contributed by atoms with van der Waals surface area (Å²) in [5, 5.41) is 13.3. The third kappa shape index (κ3) is 3.83. The number of hydrogen-bond acceptors (Lipinski definition) is 5. The molecule has 118 valence electrons. The lowest BCUT2D eigenvalue weighted by molar-refractivity contribution is 0.344. The molecule has 0 N–H and O–H groups in total. The Hall–Kier alpha value is -2.05. The molecule has 0 amide bonds. The molecule has 0 radical (unpaired) electrons. The van der Waals surface area contributed by atoms with E-state index in [9.17, 15) is 0 Å². The maximum Gasteiger partial charge on any atom is 0.214 e. The van der Waals surface area contributed by atoms with Gasteiger partial charge in [0.2, 0.25) is 5.16 Å². The molecular formula is C16H15ClN4OS. The highest BCUT2D eigenvalue weighted by Gasteiger charge is 2.10. The molecule has 0 fully saturated rings. The Morgan fingerprint density at radius 1 is 1.13 bits per heavy atom. The third-order valence-corrected chi connectivity index (χ3v) is 4.39. The van der Waals surface area contributed by atoms with Crippen LogP contribution < -0.4 is 4.74 Å². The fourth-order valence-corrected chi connectivity index (χ4v) is 2.96. The number of rotatable bonds is 6. The molecule has 1 aromatic heterocycles. The zero-order valence-electron chi connectivity index (χ0n) is 12.5. The van der Waals surface area contributed by atoms with Gasteiger partial charge < -0.3 is 4.74 Å². The van der Waals surface area contributed by atoms with E-state index in [2.05, 4.69) is 15.5 Å². The average Bonchev–Trinajstić information content (AvgIpc) is 3.02. The number of aromatic nitrogens is 4. The van der Waals surface area contributed by atoms with E-state index in [0.29, 0.717) is 17.4 Å². The monoisotopic (exact) mass is 346 g/mol. The minimum absolute atomic E-state index is 0.523. The van der Waals surface area contributed by atoms with E-state index < -0.39 is 0 Å². The van der Waals surface area contributed by atoms with E-state index >= 15 is 0 Å². The summed E-state index contributed by atoms with van der Waals surface area (Å²) in [6.45, 7) is 2.56. The van der Waals surface area contributed by atoms with Gasteiger partial charge in [0.25, 0.3) is 0 Å². The fraction of sp³-hybridized carbons (Fsp3) is 0.188. The van der Waals surface area contributed by atoms with Gasteiger partial charge in [0, 0.05) is 5.75 Å². The van der Waals surface area contributed by atoms with Crippen LogP contribution >= 0.6 is 23.4 Å². The van der Waals surface area contributed by atoms with Crippen LogP contribution in [0.4, 0.5) is 0 Å². The smallest absolute Gasteiger partial charge is 0.214 e. The van der Waals surface area contributed by atoms with E-state index in [4.69, 9.17) is 16.3 Å². The first-order valence-electron chi connectivity index (χ1n) is 7.10. The van der Waals surface area contributed by atoms with Gasteiger partial charge in [0.05, 0.1) is 17.3 Å². The van der Waals surface area contributed by atoms with Gasteiger partial charge in [0.15, 0.2) is 0 Å². The molecule has 23 heavy (non-hydrogen) atoms. The minimum atomic E-state index is 0.523. The number of ether oxygens (including phenoxy) is 1. The van der Waals surface area contributed by atoms with Crippen molar-refractivity contribution in [2.75, 3.05) is 12.4 Å². The molecule has 0 saturated heterocycles. The van der Waals surface area contributed by atoms with E-state index in [-0.39, 0.29) is 0 Å². The summed E-state index contributed by atoms with van der Waals surface area (Å²) in [6, 6.07) is 15.4. The maximum atomic E-state index is 6.06. The van der Waals surface area contributed by atoms with Gasteiger partial charge in [-0.3, -0.25) is 0 Å². The number of halogens is 1. The number of benzene rings is 2. The normalized spacial score (nSPS) is 10.7. The van der Waals surface area contributed by atoms with Gasteiger partial charge in [-0.15, -0.1) is 5.10 Å². The highest BCUT2D eigenvalue weighted by atomic mass is 35.5. The van der Waals surface area contributed by atoms with E-state index in [1.807, 2.05) is 55.5 Å². The fourth-order valence-electron chi connectivity index (χ4n) is 2.07. The van der Waals surface area contributed by atoms with E-state index in [1.165, 1.54) is 0 Å². The first-order chi connectivity index (χ1) is 11.3. The second-order valence-electron chi connectivity index (χ2n) is 4.79. The molecule has 2 aromatic carbocycles. The Bertz CT molecular complexity index is 793. The molecular weight excluding hydrogens is 332 g/mol. The molecule has 0 saturated carbocycles. The topological polar surface area (TPSA) is 52.8 Å². The largest absolute Gasteiger partial charge is 0.491 e. The van der Waals surface area contributed by atoms with Crippen LogP contribution in [0.2, 0.25) is 5.02 Å². The van der Waals surface area contributed by atoms with Gasteiger partial charge in [0.1, 0.15) is 5.75 Å². The summed E-state index contributed by atoms with van der Waals surface area (Å²) in [7, 11) is 0. The lowest BCUT2D eigenvalue weighted by atomic mass is 10.2. The number of nitrogens with zero attached hydrogens (tertiary/aromatic N) is 4. The van der Waals surface area contributed by atoms with Crippen LogP contribution in [0.1, 0.15) is 5.56 Å². The second kappa shape index (κ2) is 7.48. The lowest BCUT2D eigenvalue weighted by Crippen LogP contribution is -2.04. The second-order valence-corrected chi connectivity index (χ2v) is 6.26. The SMILES string of the molecule is Cc1ccccc1-n1nnnc1SCCOc1ccccc1Cl. The van der Waals surface area contributed by atoms with Gasteiger partial charge in [-0.2, -0.15) is 4.68 Å². The maximum absolute atomic E-state index is 6.06. The van der Waals surface area contributed by atoms with Crippen molar-refractivity contribution in [1.29, 1.82) is 0 Å². The molecule has 5 nitrogen and oxygen atoms in total. The average molecular weight is 347 g/mol. The Morgan fingerprint density at radius 2 is 1.91 bits per heavy atom. The van der Waals surface area contributed by atoms with Crippen molar-refractivity contribution in [2.45, 2.75) is 12.1 Å². The minimum Gasteiger partial charge on any atom is -0.491 e. The predicted octanol–water partition coefficient (Wildman–Crippen LogP) is 3.80. The van der Waals surface area contributed by atoms with Crippen molar-refractivity contribution in [3.63, 3.8) is 0 Å². The molecule has 1 heterocycles. The van der Waals surface area contributed by atoms with E-state index in [0.717, 1.165) is 22.2 Å². The number of para-hydroxylation sites is 2. The number of tetrazole rings is 1. The van der Waals surface area contributed by atoms with Crippen LogP contribution in [0.25, 0.3) is 5.69 Å². The van der Waals surface area contributed by atoms with Crippen molar-refractivity contribution >= 4 is 23.4 Å². The first kappa shape index (κ1) is 15.8. The molecule has 3 rings (SSSR count). The van der Waals surface area contributed by atoms with Crippen LogP contribution in [0.3, 0.4) is 0 Å². The van der Waals surface area contributed by atoms with Gasteiger partial charge in [-0.05, 0) is 41.1 Å². The molecule has 3 aromatic rings. The number of hydrogen-bond donors (Lipinski definition) is 0. The van der Waals surface area contributed by atoms with Crippen molar-refractivity contribution in [1.82, 2.24) is 20.2 Å². The van der Waals surface area contributed by atoms with Crippen molar-refractivity contribution in [2.24, 2.45) is 0 Å². The van der Waals surface area contributed by atoms with Crippen LogP contribution in [0.15, 0.2) is 53.7 Å². The Morgan fingerprint density at radius 3 is 2.74 bits per heavy atom. The summed E-state index contributed by atoms with van der Waals surface area (Å²) >= 11 is 7.60. The zero-order chi connectivity index (χ0) is 16.1. The summed E-state index contributed by atoms with van der Waals surface area (Å²) in [4.78, 5) is 0. The summed E-state index contributed by atoms with van der Waals surface area (Å²) < 4.78 is 7.42. The highest BCUT2D eigenvalue weighted by molar-refractivity contribution is 7.99. The van der Waals surface area contributed by atoms with Gasteiger partial charge in [-0.25, -0.2) is 0 Å². The quantitative estimate of drug-likeness (QED) is 0.502. The van der Waals surface area contributed by atoms with Gasteiger partial charge in [-0.1, -0.05) is 53.7 Å². The van der Waals surface area contributed by atoms with Crippen molar-refractivity contribution in [3.8, 4) is 11.4 Å². The molecule has 0 aliphatic carbocycles. The van der Waals surface area contributed by atoms with Crippen LogP contribution in [-0.2, 0) is 0 Å². The van der Waals surface area contributed by atoms with Crippen LogP contribution in [-0.4, -0.2) is 32.6 Å². The van der Waals surface area contributed by atoms with E-state index in [1.54, 1.807) is 16.4 Å². The molecule has 0 spiro atoms. The van der Waals surface area contributed by atoms with Crippen LogP contribution in [0, 0.1) is 6.92 Å². The standard InChI is InChI=1S/C16H15ClN4OS/c1-12-6-2-4-8-14(12)21-16(18-19-20-21)23-11-10-22-15-9-5-3-7-13(15)17/h2-9H,10-11H2,1H3. The lowest BCUT2D eigenvalue weighted by Gasteiger charge is -2.08. The van der Waals surface area contributed by atoms with Crippen LogP contribution in [0.5, 0.6) is 5.75 Å². The molecule has 0 unspecified atom stereocenters. The Kier molecular flexibility index (Phi) is 5.15. The molecule has 7 heteroatoms. The molecule has 0 aliphatic heterocycles. The van der Waals surface area contributed by atoms with Gasteiger partial charge >= 0.3 is 0 Å². The molecule has 0 bridgehead atoms. The Labute approximate surface area is 143 Å². The van der Waals surface area contributed by atoms with Crippen molar-refractivity contribution in [3.05, 3.63) is 59.1 Å². The third-order valence-electron chi connectivity index (χ3n) is 3.19. The first-order valence-corrected chi connectivity index (χ1v) is 8.46. The summed E-state index contributed by atoms with van der Waals surface area (Å²) in [6.07, 6.45) is 0. The predicted molar refractivity (Wildman–Crippen MR) is 91.6 cm³/mol. The Balaban J connectivity index is 1.61. The zero-order valence-corrected chi connectivity index (χ0v) is 14.1. The highest BCUT2D eigenvalue weighted by Crippen LogP contribution is 2.24. The van der Waals surface area contributed by atoms with Crippen molar-refractivity contribution < 1.29 is 4.74 Å². The molecule has 0 aliphatic rings. The summed E-state index contributed by atoms with van der Waals surface area (Å²) in [5.41, 5.74) is 2.10. The number of thioether (sulfide) groups is 1. The number of aryl methyl sites for hydroxylation is 1.